The Hall–Kier alpha value is -0.120. The number of likely N-dealkylation sites (tertiary alicyclic amines) is 1. The summed E-state index contributed by atoms with van der Waals surface area (Å²) in [6.45, 7) is 10.9. The summed E-state index contributed by atoms with van der Waals surface area (Å²) in [6.07, 6.45) is 8.03. The van der Waals surface area contributed by atoms with Crippen molar-refractivity contribution in [2.45, 2.75) is 89.0 Å². The van der Waals surface area contributed by atoms with Crippen molar-refractivity contribution in [2.75, 3.05) is 13.1 Å². The van der Waals surface area contributed by atoms with Crippen LogP contribution in [0.1, 0.15) is 66.2 Å². The SMILES string of the molecule is CC1(C)CC(CN)(N2CCC3CCCCC32)C(C)(C)O1. The normalized spacial score (nSPS) is 43.6. The zero-order chi connectivity index (χ0) is 14.6. The van der Waals surface area contributed by atoms with E-state index in [1.165, 1.54) is 38.6 Å². The molecule has 0 radical (unpaired) electrons. The van der Waals surface area contributed by atoms with E-state index in [4.69, 9.17) is 10.5 Å². The Balaban J connectivity index is 1.93. The Kier molecular flexibility index (Phi) is 3.47. The molecule has 3 fully saturated rings. The lowest BCUT2D eigenvalue weighted by molar-refractivity contribution is -0.108. The number of rotatable bonds is 2. The lowest BCUT2D eigenvalue weighted by atomic mass is 9.75. The zero-order valence-electron chi connectivity index (χ0n) is 13.7. The zero-order valence-corrected chi connectivity index (χ0v) is 13.7. The summed E-state index contributed by atoms with van der Waals surface area (Å²) in [4.78, 5) is 2.77. The van der Waals surface area contributed by atoms with Gasteiger partial charge in [-0.25, -0.2) is 0 Å². The standard InChI is InChI=1S/C17H32N2O/c1-15(2)11-17(12-18,16(3,4)20-15)19-10-9-13-7-5-6-8-14(13)19/h13-14H,5-12,18H2,1-4H3. The second kappa shape index (κ2) is 4.69. The van der Waals surface area contributed by atoms with Gasteiger partial charge in [0, 0.05) is 12.6 Å². The van der Waals surface area contributed by atoms with E-state index in [0.717, 1.165) is 18.4 Å². The van der Waals surface area contributed by atoms with Gasteiger partial charge in [-0.2, -0.15) is 0 Å². The highest BCUT2D eigenvalue weighted by atomic mass is 16.5. The summed E-state index contributed by atoms with van der Waals surface area (Å²) >= 11 is 0. The van der Waals surface area contributed by atoms with Crippen molar-refractivity contribution >= 4 is 0 Å². The van der Waals surface area contributed by atoms with Crippen molar-refractivity contribution in [3.63, 3.8) is 0 Å². The van der Waals surface area contributed by atoms with E-state index in [-0.39, 0.29) is 16.7 Å². The molecule has 2 N–H and O–H groups in total. The number of fused-ring (bicyclic) bond motifs is 1. The highest BCUT2D eigenvalue weighted by Crippen LogP contribution is 2.52. The molecule has 3 nitrogen and oxygen atoms in total. The van der Waals surface area contributed by atoms with Crippen molar-refractivity contribution < 1.29 is 4.74 Å². The third-order valence-corrected chi connectivity index (χ3v) is 6.27. The third kappa shape index (κ3) is 2.05. The van der Waals surface area contributed by atoms with Gasteiger partial charge in [-0.1, -0.05) is 12.8 Å². The minimum Gasteiger partial charge on any atom is -0.368 e. The van der Waals surface area contributed by atoms with Gasteiger partial charge >= 0.3 is 0 Å². The fraction of sp³-hybridized carbons (Fsp3) is 1.00. The molecule has 2 saturated heterocycles. The smallest absolute Gasteiger partial charge is 0.0830 e. The molecule has 3 rings (SSSR count). The number of hydrogen-bond acceptors (Lipinski definition) is 3. The number of hydrogen-bond donors (Lipinski definition) is 1. The van der Waals surface area contributed by atoms with Crippen LogP contribution in [0.5, 0.6) is 0 Å². The molecule has 116 valence electrons. The van der Waals surface area contributed by atoms with Gasteiger partial charge in [-0.3, -0.25) is 4.90 Å². The Bertz CT molecular complexity index is 379. The largest absolute Gasteiger partial charge is 0.368 e. The molecule has 2 aliphatic heterocycles. The maximum atomic E-state index is 6.41. The van der Waals surface area contributed by atoms with Gasteiger partial charge in [0.25, 0.3) is 0 Å². The van der Waals surface area contributed by atoms with Crippen LogP contribution in [0.15, 0.2) is 0 Å². The maximum Gasteiger partial charge on any atom is 0.0830 e. The van der Waals surface area contributed by atoms with E-state index in [0.29, 0.717) is 6.54 Å². The minimum atomic E-state index is -0.155. The highest BCUT2D eigenvalue weighted by Gasteiger charge is 2.61. The Morgan fingerprint density at radius 3 is 2.40 bits per heavy atom. The van der Waals surface area contributed by atoms with Crippen LogP contribution in [0, 0.1) is 5.92 Å². The van der Waals surface area contributed by atoms with Crippen LogP contribution in [0.25, 0.3) is 0 Å². The van der Waals surface area contributed by atoms with Crippen LogP contribution in [0.4, 0.5) is 0 Å². The fourth-order valence-corrected chi connectivity index (χ4v) is 5.56. The van der Waals surface area contributed by atoms with Gasteiger partial charge in [0.05, 0.1) is 16.7 Å². The molecule has 3 heteroatoms. The van der Waals surface area contributed by atoms with Gasteiger partial charge in [0.2, 0.25) is 0 Å². The molecule has 0 amide bonds. The number of ether oxygens (including phenoxy) is 1. The molecule has 0 aromatic heterocycles. The van der Waals surface area contributed by atoms with Crippen LogP contribution in [-0.4, -0.2) is 40.8 Å². The Morgan fingerprint density at radius 1 is 1.10 bits per heavy atom. The Labute approximate surface area is 124 Å². The van der Waals surface area contributed by atoms with E-state index in [1.807, 2.05) is 0 Å². The lowest BCUT2D eigenvalue weighted by Crippen LogP contribution is -2.65. The average Bonchev–Trinajstić information content (AvgIpc) is 2.85. The molecule has 0 spiro atoms. The van der Waals surface area contributed by atoms with E-state index in [1.54, 1.807) is 0 Å². The quantitative estimate of drug-likeness (QED) is 0.845. The third-order valence-electron chi connectivity index (χ3n) is 6.27. The molecule has 1 saturated carbocycles. The highest BCUT2D eigenvalue weighted by molar-refractivity contribution is 5.16. The van der Waals surface area contributed by atoms with Crippen molar-refractivity contribution in [2.24, 2.45) is 11.7 Å². The van der Waals surface area contributed by atoms with E-state index >= 15 is 0 Å². The fourth-order valence-electron chi connectivity index (χ4n) is 5.56. The minimum absolute atomic E-state index is 0.0211. The molecule has 1 aliphatic carbocycles. The Morgan fingerprint density at radius 2 is 1.80 bits per heavy atom. The van der Waals surface area contributed by atoms with Crippen LogP contribution in [0.3, 0.4) is 0 Å². The van der Waals surface area contributed by atoms with Crippen molar-refractivity contribution in [3.8, 4) is 0 Å². The van der Waals surface area contributed by atoms with Crippen LogP contribution in [-0.2, 0) is 4.74 Å². The van der Waals surface area contributed by atoms with E-state index in [9.17, 15) is 0 Å². The first-order valence-corrected chi connectivity index (χ1v) is 8.48. The second-order valence-electron chi connectivity index (χ2n) is 8.38. The van der Waals surface area contributed by atoms with Crippen molar-refractivity contribution in [3.05, 3.63) is 0 Å². The maximum absolute atomic E-state index is 6.41. The van der Waals surface area contributed by atoms with Crippen LogP contribution < -0.4 is 5.73 Å². The second-order valence-corrected chi connectivity index (χ2v) is 8.38. The molecule has 0 bridgehead atoms. The molecular formula is C17H32N2O. The summed E-state index contributed by atoms with van der Waals surface area (Å²) in [5.74, 6) is 0.909. The van der Waals surface area contributed by atoms with E-state index < -0.39 is 0 Å². The first kappa shape index (κ1) is 14.8. The topological polar surface area (TPSA) is 38.5 Å². The molecule has 3 unspecified atom stereocenters. The van der Waals surface area contributed by atoms with Crippen molar-refractivity contribution in [1.29, 1.82) is 0 Å². The molecule has 3 atom stereocenters. The van der Waals surface area contributed by atoms with Crippen LogP contribution in [0.2, 0.25) is 0 Å². The van der Waals surface area contributed by atoms with Crippen molar-refractivity contribution in [1.82, 2.24) is 4.90 Å². The van der Waals surface area contributed by atoms with Gasteiger partial charge in [-0.05, 0) is 65.8 Å². The van der Waals surface area contributed by atoms with Gasteiger partial charge in [0.15, 0.2) is 0 Å². The first-order chi connectivity index (χ1) is 9.31. The summed E-state index contributed by atoms with van der Waals surface area (Å²) < 4.78 is 6.41. The summed E-state index contributed by atoms with van der Waals surface area (Å²) in [7, 11) is 0. The summed E-state index contributed by atoms with van der Waals surface area (Å²) in [6, 6.07) is 0.754. The van der Waals surface area contributed by atoms with Gasteiger partial charge in [-0.15, -0.1) is 0 Å². The summed E-state index contributed by atoms with van der Waals surface area (Å²) in [5, 5.41) is 0. The number of nitrogens with zero attached hydrogens (tertiary/aromatic N) is 1. The van der Waals surface area contributed by atoms with Crippen LogP contribution >= 0.6 is 0 Å². The first-order valence-electron chi connectivity index (χ1n) is 8.48. The number of nitrogens with two attached hydrogens (primary N) is 1. The predicted octanol–water partition coefficient (Wildman–Crippen LogP) is 2.93. The molecule has 3 aliphatic rings. The molecule has 0 aromatic rings. The summed E-state index contributed by atoms with van der Waals surface area (Å²) in [5.41, 5.74) is 6.15. The molecule has 0 aromatic carbocycles. The molecule has 2 heterocycles. The molecular weight excluding hydrogens is 248 g/mol. The molecule has 20 heavy (non-hydrogen) atoms. The monoisotopic (exact) mass is 280 g/mol. The predicted molar refractivity (Wildman–Crippen MR) is 82.7 cm³/mol. The average molecular weight is 280 g/mol. The van der Waals surface area contributed by atoms with Gasteiger partial charge < -0.3 is 10.5 Å². The lowest BCUT2D eigenvalue weighted by Gasteiger charge is -2.50. The van der Waals surface area contributed by atoms with Gasteiger partial charge in [0.1, 0.15) is 0 Å². The van der Waals surface area contributed by atoms with E-state index in [2.05, 4.69) is 32.6 Å².